The lowest BCUT2D eigenvalue weighted by Crippen LogP contribution is -2.03. The largest absolute Gasteiger partial charge is 0.508 e. The van der Waals surface area contributed by atoms with Gasteiger partial charge in [-0.15, -0.1) is 0 Å². The van der Waals surface area contributed by atoms with E-state index in [1.54, 1.807) is 42.5 Å². The highest BCUT2D eigenvalue weighted by Gasteiger charge is 2.18. The van der Waals surface area contributed by atoms with Crippen molar-refractivity contribution >= 4 is 43.6 Å². The monoisotopic (exact) mass is 406 g/mol. The summed E-state index contributed by atoms with van der Waals surface area (Å²) in [5.74, 6) is 0.111. The molecule has 0 amide bonds. The van der Waals surface area contributed by atoms with E-state index < -0.39 is 10.1 Å². The van der Waals surface area contributed by atoms with Crippen LogP contribution >= 0.6 is 0 Å². The van der Waals surface area contributed by atoms with Crippen LogP contribution in [0.1, 0.15) is 0 Å². The van der Waals surface area contributed by atoms with Gasteiger partial charge in [0, 0.05) is 39.6 Å². The number of fused-ring (bicyclic) bond motifs is 1. The van der Waals surface area contributed by atoms with Crippen LogP contribution < -0.4 is 10.6 Å². The Balaban J connectivity index is 1.90. The van der Waals surface area contributed by atoms with Gasteiger partial charge in [-0.1, -0.05) is 36.4 Å². The summed E-state index contributed by atoms with van der Waals surface area (Å²) < 4.78 is 33.9. The second-order valence-corrected chi connectivity index (χ2v) is 7.87. The zero-order valence-corrected chi connectivity index (χ0v) is 16.0. The highest BCUT2D eigenvalue weighted by atomic mass is 32.2. The summed E-state index contributed by atoms with van der Waals surface area (Å²) >= 11 is 0. The van der Waals surface area contributed by atoms with E-state index in [0.717, 1.165) is 5.69 Å². The van der Waals surface area contributed by atoms with Gasteiger partial charge in [0.15, 0.2) is 0 Å². The van der Waals surface area contributed by atoms with Gasteiger partial charge in [-0.25, -0.2) is 0 Å². The summed E-state index contributed by atoms with van der Waals surface area (Å²) in [6.07, 6.45) is 0. The maximum atomic E-state index is 12.0. The summed E-state index contributed by atoms with van der Waals surface area (Å²) in [6.45, 7) is 0. The van der Waals surface area contributed by atoms with Crippen molar-refractivity contribution < 1.29 is 18.1 Å². The normalized spacial score (nSPS) is 11.3. The molecule has 4 N–H and O–H groups in total. The molecule has 0 fully saturated rings. The first-order valence-electron chi connectivity index (χ1n) is 8.83. The van der Waals surface area contributed by atoms with Crippen LogP contribution in [0.15, 0.2) is 89.8 Å². The zero-order chi connectivity index (χ0) is 20.4. The smallest absolute Gasteiger partial charge is 0.295 e. The van der Waals surface area contributed by atoms with E-state index in [2.05, 4.69) is 10.6 Å². The van der Waals surface area contributed by atoms with Crippen LogP contribution in [0, 0.1) is 0 Å². The number of nitrogens with one attached hydrogen (secondary N) is 2. The van der Waals surface area contributed by atoms with Gasteiger partial charge in [0.05, 0.1) is 0 Å². The Labute approximate surface area is 168 Å². The SMILES string of the molecule is O=S(=O)(O)c1cccc2c(Nc3cccc(O)c3)ccc(Nc3ccccc3)c12. The molecular weight excluding hydrogens is 388 g/mol. The molecule has 6 nitrogen and oxygen atoms in total. The third-order valence-electron chi connectivity index (χ3n) is 4.46. The molecule has 7 heteroatoms. The van der Waals surface area contributed by atoms with Gasteiger partial charge in [-0.2, -0.15) is 8.42 Å². The Bertz CT molecular complexity index is 1290. The predicted molar refractivity (Wildman–Crippen MR) is 115 cm³/mol. The molecule has 0 atom stereocenters. The van der Waals surface area contributed by atoms with Crippen LogP contribution in [-0.2, 0) is 10.1 Å². The fourth-order valence-corrected chi connectivity index (χ4v) is 3.95. The quantitative estimate of drug-likeness (QED) is 0.337. The van der Waals surface area contributed by atoms with Gasteiger partial charge in [0.2, 0.25) is 0 Å². The minimum atomic E-state index is -4.45. The maximum Gasteiger partial charge on any atom is 0.295 e. The molecule has 0 aliphatic rings. The van der Waals surface area contributed by atoms with Gasteiger partial charge in [-0.3, -0.25) is 4.55 Å². The molecule has 29 heavy (non-hydrogen) atoms. The fourth-order valence-electron chi connectivity index (χ4n) is 3.22. The first-order chi connectivity index (χ1) is 13.9. The van der Waals surface area contributed by atoms with Crippen LogP contribution in [0.3, 0.4) is 0 Å². The van der Waals surface area contributed by atoms with Crippen LogP contribution in [0.25, 0.3) is 10.8 Å². The molecule has 0 aliphatic carbocycles. The number of phenols is 1. The molecular formula is C22H18N2O4S. The molecule has 0 aromatic heterocycles. The molecule has 0 aliphatic heterocycles. The van der Waals surface area contributed by atoms with Gasteiger partial charge in [0.25, 0.3) is 10.1 Å². The summed E-state index contributed by atoms with van der Waals surface area (Å²) in [5.41, 5.74) is 2.61. The second-order valence-electron chi connectivity index (χ2n) is 6.48. The van der Waals surface area contributed by atoms with Crippen LogP contribution in [0.2, 0.25) is 0 Å². The lowest BCUT2D eigenvalue weighted by Gasteiger charge is -2.16. The Morgan fingerprint density at radius 3 is 2.07 bits per heavy atom. The highest BCUT2D eigenvalue weighted by molar-refractivity contribution is 7.86. The molecule has 0 radical (unpaired) electrons. The van der Waals surface area contributed by atoms with Crippen molar-refractivity contribution in [2.24, 2.45) is 0 Å². The number of hydrogen-bond acceptors (Lipinski definition) is 5. The van der Waals surface area contributed by atoms with E-state index in [9.17, 15) is 18.1 Å². The van der Waals surface area contributed by atoms with Crippen molar-refractivity contribution in [3.05, 3.63) is 84.9 Å². The van der Waals surface area contributed by atoms with Gasteiger partial charge in [0.1, 0.15) is 10.6 Å². The van der Waals surface area contributed by atoms with Crippen molar-refractivity contribution in [3.8, 4) is 5.75 Å². The topological polar surface area (TPSA) is 98.7 Å². The van der Waals surface area contributed by atoms with E-state index in [0.29, 0.717) is 27.8 Å². The van der Waals surface area contributed by atoms with Gasteiger partial charge >= 0.3 is 0 Å². The fraction of sp³-hybridized carbons (Fsp3) is 0. The average molecular weight is 406 g/mol. The number of benzene rings is 4. The van der Waals surface area contributed by atoms with Gasteiger partial charge < -0.3 is 15.7 Å². The molecule has 4 aromatic rings. The highest BCUT2D eigenvalue weighted by Crippen LogP contribution is 2.37. The van der Waals surface area contributed by atoms with E-state index in [4.69, 9.17) is 0 Å². The Morgan fingerprint density at radius 2 is 1.34 bits per heavy atom. The first-order valence-corrected chi connectivity index (χ1v) is 10.3. The predicted octanol–water partition coefficient (Wildman–Crippen LogP) is 5.28. The number of hydrogen-bond donors (Lipinski definition) is 4. The summed E-state index contributed by atoms with van der Waals surface area (Å²) in [4.78, 5) is -0.187. The van der Waals surface area contributed by atoms with E-state index in [1.165, 1.54) is 6.07 Å². The van der Waals surface area contributed by atoms with Crippen LogP contribution in [0.5, 0.6) is 5.75 Å². The molecule has 4 aromatic carbocycles. The summed E-state index contributed by atoms with van der Waals surface area (Å²) in [5, 5.41) is 17.1. The third-order valence-corrected chi connectivity index (χ3v) is 5.35. The van der Waals surface area contributed by atoms with E-state index in [1.807, 2.05) is 36.4 Å². The van der Waals surface area contributed by atoms with Crippen molar-refractivity contribution in [2.45, 2.75) is 4.90 Å². The van der Waals surface area contributed by atoms with Crippen molar-refractivity contribution in [1.82, 2.24) is 0 Å². The minimum Gasteiger partial charge on any atom is -0.508 e. The van der Waals surface area contributed by atoms with E-state index >= 15 is 0 Å². The number of phenolic OH excluding ortho intramolecular Hbond substituents is 1. The first kappa shape index (κ1) is 18.8. The molecule has 4 rings (SSSR count). The van der Waals surface area contributed by atoms with Crippen molar-refractivity contribution in [1.29, 1.82) is 0 Å². The standard InChI is InChI=1S/C22H18N2O4S/c25-17-9-4-8-16(14-17)24-19-12-13-20(23-15-6-2-1-3-7-15)22-18(19)10-5-11-21(22)29(26,27)28/h1-14,23-25H,(H,26,27,28). The Morgan fingerprint density at radius 1 is 0.690 bits per heavy atom. The maximum absolute atomic E-state index is 12.0. The molecule has 0 spiro atoms. The van der Waals surface area contributed by atoms with Crippen molar-refractivity contribution in [3.63, 3.8) is 0 Å². The summed E-state index contributed by atoms with van der Waals surface area (Å²) in [6, 6.07) is 24.2. The van der Waals surface area contributed by atoms with Crippen molar-refractivity contribution in [2.75, 3.05) is 10.6 Å². The van der Waals surface area contributed by atoms with Crippen LogP contribution in [0.4, 0.5) is 22.7 Å². The summed E-state index contributed by atoms with van der Waals surface area (Å²) in [7, 11) is -4.45. The third kappa shape index (κ3) is 4.01. The van der Waals surface area contributed by atoms with E-state index in [-0.39, 0.29) is 10.6 Å². The average Bonchev–Trinajstić information content (AvgIpc) is 2.69. The Hall–Kier alpha value is -3.55. The zero-order valence-electron chi connectivity index (χ0n) is 15.2. The number of para-hydroxylation sites is 1. The van der Waals surface area contributed by atoms with Crippen LogP contribution in [-0.4, -0.2) is 18.1 Å². The van der Waals surface area contributed by atoms with Gasteiger partial charge in [-0.05, 0) is 42.5 Å². The second kappa shape index (κ2) is 7.46. The number of aromatic hydroxyl groups is 1. The number of anilines is 4. The molecule has 0 unspecified atom stereocenters. The number of rotatable bonds is 5. The molecule has 0 heterocycles. The molecule has 146 valence electrons. The minimum absolute atomic E-state index is 0.111. The lowest BCUT2D eigenvalue weighted by molar-refractivity contribution is 0.475. The lowest BCUT2D eigenvalue weighted by atomic mass is 10.1. The molecule has 0 bridgehead atoms. The molecule has 0 saturated heterocycles. The Kier molecular flexibility index (Phi) is 4.84. The molecule has 0 saturated carbocycles.